The minimum absolute atomic E-state index is 0.405. The van der Waals surface area contributed by atoms with Crippen molar-refractivity contribution >= 4 is 5.69 Å². The number of ether oxygens (including phenoxy) is 1. The van der Waals surface area contributed by atoms with Crippen molar-refractivity contribution in [2.45, 2.75) is 25.9 Å². The number of hydrogen-bond acceptors (Lipinski definition) is 3. The fraction of sp³-hybridized carbons (Fsp3) is 0.600. The molecule has 1 aliphatic rings. The van der Waals surface area contributed by atoms with Crippen molar-refractivity contribution in [3.05, 3.63) is 29.8 Å². The van der Waals surface area contributed by atoms with Crippen molar-refractivity contribution in [1.82, 2.24) is 0 Å². The van der Waals surface area contributed by atoms with E-state index < -0.39 is 6.10 Å². The average Bonchev–Trinajstić information content (AvgIpc) is 2.40. The molecular weight excluding hydrogens is 226 g/mol. The summed E-state index contributed by atoms with van der Waals surface area (Å²) in [6, 6.07) is 8.16. The lowest BCUT2D eigenvalue weighted by Gasteiger charge is -2.35. The molecule has 1 N–H and O–H groups in total. The minimum atomic E-state index is -0.405. The molecule has 1 heterocycles. The van der Waals surface area contributed by atoms with Gasteiger partial charge in [0.25, 0.3) is 0 Å². The van der Waals surface area contributed by atoms with Crippen LogP contribution in [0.1, 0.15) is 31.4 Å². The fourth-order valence-corrected chi connectivity index (χ4v) is 2.71. The number of benzene rings is 1. The lowest BCUT2D eigenvalue weighted by Crippen LogP contribution is -2.35. The van der Waals surface area contributed by atoms with E-state index in [1.54, 1.807) is 7.11 Å². The van der Waals surface area contributed by atoms with Gasteiger partial charge in [0.2, 0.25) is 0 Å². The van der Waals surface area contributed by atoms with Crippen LogP contribution < -0.4 is 4.90 Å². The van der Waals surface area contributed by atoms with Crippen LogP contribution in [0.2, 0.25) is 0 Å². The van der Waals surface area contributed by atoms with Gasteiger partial charge in [-0.25, -0.2) is 0 Å². The first-order valence-electron chi connectivity index (χ1n) is 6.73. The SMILES string of the molecule is COCC1CCN(c2ccccc2[C@H](C)O)CC1. The second-order valence-electron chi connectivity index (χ2n) is 5.12. The van der Waals surface area contributed by atoms with Crippen LogP contribution in [0, 0.1) is 5.92 Å². The molecule has 0 unspecified atom stereocenters. The number of aliphatic hydroxyl groups is 1. The Morgan fingerprint density at radius 3 is 2.61 bits per heavy atom. The third-order valence-corrected chi connectivity index (χ3v) is 3.74. The van der Waals surface area contributed by atoms with Crippen LogP contribution in [0.3, 0.4) is 0 Å². The van der Waals surface area contributed by atoms with Gasteiger partial charge in [0, 0.05) is 38.1 Å². The molecule has 0 bridgehead atoms. The molecule has 3 nitrogen and oxygen atoms in total. The predicted octanol–water partition coefficient (Wildman–Crippen LogP) is 2.60. The highest BCUT2D eigenvalue weighted by atomic mass is 16.5. The highest BCUT2D eigenvalue weighted by molar-refractivity contribution is 5.54. The van der Waals surface area contributed by atoms with E-state index in [0.29, 0.717) is 5.92 Å². The van der Waals surface area contributed by atoms with E-state index >= 15 is 0 Å². The summed E-state index contributed by atoms with van der Waals surface area (Å²) in [5, 5.41) is 9.82. The highest BCUT2D eigenvalue weighted by Gasteiger charge is 2.21. The molecule has 0 aromatic heterocycles. The molecule has 0 radical (unpaired) electrons. The van der Waals surface area contributed by atoms with E-state index in [2.05, 4.69) is 11.0 Å². The van der Waals surface area contributed by atoms with Gasteiger partial charge in [-0.2, -0.15) is 0 Å². The second-order valence-corrected chi connectivity index (χ2v) is 5.12. The molecule has 100 valence electrons. The van der Waals surface area contributed by atoms with E-state index in [9.17, 15) is 5.11 Å². The number of methoxy groups -OCH3 is 1. The Hall–Kier alpha value is -1.06. The van der Waals surface area contributed by atoms with Gasteiger partial charge in [0.1, 0.15) is 0 Å². The first-order valence-corrected chi connectivity index (χ1v) is 6.73. The van der Waals surface area contributed by atoms with Crippen LogP contribution in [0.4, 0.5) is 5.69 Å². The first-order chi connectivity index (χ1) is 8.72. The second kappa shape index (κ2) is 6.21. The zero-order chi connectivity index (χ0) is 13.0. The molecule has 0 amide bonds. The summed E-state index contributed by atoms with van der Waals surface area (Å²) in [7, 11) is 1.77. The molecule has 0 saturated carbocycles. The number of piperidine rings is 1. The number of aliphatic hydroxyl groups excluding tert-OH is 1. The molecule has 1 aromatic rings. The number of nitrogens with zero attached hydrogens (tertiary/aromatic N) is 1. The molecule has 0 aliphatic carbocycles. The molecule has 1 fully saturated rings. The van der Waals surface area contributed by atoms with Gasteiger partial charge < -0.3 is 14.7 Å². The topological polar surface area (TPSA) is 32.7 Å². The minimum Gasteiger partial charge on any atom is -0.389 e. The van der Waals surface area contributed by atoms with Crippen LogP contribution in [-0.4, -0.2) is 31.9 Å². The summed E-state index contributed by atoms with van der Waals surface area (Å²) in [6.07, 6.45) is 1.93. The Bertz CT molecular complexity index is 371. The summed E-state index contributed by atoms with van der Waals surface area (Å²) >= 11 is 0. The molecule has 1 aliphatic heterocycles. The maximum absolute atomic E-state index is 9.82. The average molecular weight is 249 g/mol. The Kier molecular flexibility index (Phi) is 4.61. The van der Waals surface area contributed by atoms with E-state index in [1.807, 2.05) is 25.1 Å². The number of anilines is 1. The van der Waals surface area contributed by atoms with Crippen molar-refractivity contribution in [2.24, 2.45) is 5.92 Å². The zero-order valence-electron chi connectivity index (χ0n) is 11.3. The quantitative estimate of drug-likeness (QED) is 0.890. The van der Waals surface area contributed by atoms with Crippen molar-refractivity contribution in [3.8, 4) is 0 Å². The lowest BCUT2D eigenvalue weighted by atomic mass is 9.96. The zero-order valence-corrected chi connectivity index (χ0v) is 11.3. The van der Waals surface area contributed by atoms with Gasteiger partial charge in [0.15, 0.2) is 0 Å². The van der Waals surface area contributed by atoms with Crippen LogP contribution in [0.15, 0.2) is 24.3 Å². The number of para-hydroxylation sites is 1. The molecule has 18 heavy (non-hydrogen) atoms. The van der Waals surface area contributed by atoms with Gasteiger partial charge >= 0.3 is 0 Å². The van der Waals surface area contributed by atoms with Gasteiger partial charge in [-0.15, -0.1) is 0 Å². The van der Waals surface area contributed by atoms with Gasteiger partial charge in [-0.1, -0.05) is 18.2 Å². The van der Waals surface area contributed by atoms with E-state index in [0.717, 1.165) is 25.3 Å². The van der Waals surface area contributed by atoms with Crippen LogP contribution in [0.5, 0.6) is 0 Å². The largest absolute Gasteiger partial charge is 0.389 e. The predicted molar refractivity (Wildman–Crippen MR) is 73.9 cm³/mol. The van der Waals surface area contributed by atoms with E-state index in [-0.39, 0.29) is 0 Å². The van der Waals surface area contributed by atoms with E-state index in [4.69, 9.17) is 4.74 Å². The smallest absolute Gasteiger partial charge is 0.0781 e. The molecule has 1 atom stereocenters. The van der Waals surface area contributed by atoms with Gasteiger partial charge in [0.05, 0.1) is 6.10 Å². The Labute approximate surface area is 109 Å². The van der Waals surface area contributed by atoms with Crippen LogP contribution >= 0.6 is 0 Å². The van der Waals surface area contributed by atoms with Crippen molar-refractivity contribution in [1.29, 1.82) is 0 Å². The third-order valence-electron chi connectivity index (χ3n) is 3.74. The lowest BCUT2D eigenvalue weighted by molar-refractivity contribution is 0.139. The normalized spacial score (nSPS) is 18.9. The summed E-state index contributed by atoms with van der Waals surface area (Å²) in [5.41, 5.74) is 2.21. The Morgan fingerprint density at radius 2 is 2.00 bits per heavy atom. The maximum Gasteiger partial charge on any atom is 0.0781 e. The number of hydrogen-bond donors (Lipinski definition) is 1. The third kappa shape index (κ3) is 3.03. The highest BCUT2D eigenvalue weighted by Crippen LogP contribution is 2.29. The summed E-state index contributed by atoms with van der Waals surface area (Å²) < 4.78 is 5.23. The molecule has 2 rings (SSSR count). The van der Waals surface area contributed by atoms with Crippen LogP contribution in [0.25, 0.3) is 0 Å². The molecule has 1 aromatic carbocycles. The van der Waals surface area contributed by atoms with Crippen molar-refractivity contribution in [2.75, 3.05) is 31.7 Å². The maximum atomic E-state index is 9.82. The van der Waals surface area contributed by atoms with E-state index in [1.165, 1.54) is 18.5 Å². The summed E-state index contributed by atoms with van der Waals surface area (Å²) in [5.74, 6) is 0.685. The van der Waals surface area contributed by atoms with Crippen molar-refractivity contribution < 1.29 is 9.84 Å². The molecule has 3 heteroatoms. The van der Waals surface area contributed by atoms with Crippen molar-refractivity contribution in [3.63, 3.8) is 0 Å². The molecule has 1 saturated heterocycles. The Morgan fingerprint density at radius 1 is 1.33 bits per heavy atom. The monoisotopic (exact) mass is 249 g/mol. The molecule has 0 spiro atoms. The molecular formula is C15H23NO2. The standard InChI is InChI=1S/C15H23NO2/c1-12(17)14-5-3-4-6-15(14)16-9-7-13(8-10-16)11-18-2/h3-6,12-13,17H,7-11H2,1-2H3/t12-/m0/s1. The summed E-state index contributed by atoms with van der Waals surface area (Å²) in [4.78, 5) is 2.38. The fourth-order valence-electron chi connectivity index (χ4n) is 2.71. The van der Waals surface area contributed by atoms with Gasteiger partial charge in [-0.05, 0) is 31.7 Å². The first kappa shape index (κ1) is 13.4. The van der Waals surface area contributed by atoms with Crippen LogP contribution in [-0.2, 0) is 4.74 Å². The van der Waals surface area contributed by atoms with Gasteiger partial charge in [-0.3, -0.25) is 0 Å². The Balaban J connectivity index is 2.05. The number of rotatable bonds is 4. The summed E-state index contributed by atoms with van der Waals surface area (Å²) in [6.45, 7) is 4.80.